The van der Waals surface area contributed by atoms with Crippen LogP contribution in [0.3, 0.4) is 0 Å². The average Bonchev–Trinajstić information content (AvgIpc) is 3.22. The number of imidazole rings is 1. The van der Waals surface area contributed by atoms with Gasteiger partial charge >= 0.3 is 5.97 Å². The summed E-state index contributed by atoms with van der Waals surface area (Å²) >= 11 is 0. The molecule has 7 heteroatoms. The molecule has 0 saturated carbocycles. The first-order valence-corrected chi connectivity index (χ1v) is 11.1. The number of carbonyl (C=O) groups is 2. The van der Waals surface area contributed by atoms with E-state index < -0.39 is 5.41 Å². The molecule has 3 aromatic rings. The van der Waals surface area contributed by atoms with Gasteiger partial charge in [-0.05, 0) is 62.4 Å². The Morgan fingerprint density at radius 2 is 2.00 bits per heavy atom. The maximum Gasteiger partial charge on any atom is 0.314 e. The maximum absolute atomic E-state index is 13.3. The molecule has 1 aliphatic rings. The van der Waals surface area contributed by atoms with Crippen LogP contribution < -0.4 is 0 Å². The molecule has 1 saturated heterocycles. The fourth-order valence-electron chi connectivity index (χ4n) is 4.51. The summed E-state index contributed by atoms with van der Waals surface area (Å²) in [7, 11) is 0. The fourth-order valence-corrected chi connectivity index (χ4v) is 4.51. The second-order valence-corrected chi connectivity index (χ2v) is 8.42. The van der Waals surface area contributed by atoms with Crippen molar-refractivity contribution < 1.29 is 18.7 Å². The van der Waals surface area contributed by atoms with Gasteiger partial charge in [0.2, 0.25) is 5.91 Å². The van der Waals surface area contributed by atoms with Crippen molar-refractivity contribution in [3.63, 3.8) is 0 Å². The normalized spacial score (nSPS) is 18.6. The Labute approximate surface area is 187 Å². The van der Waals surface area contributed by atoms with Gasteiger partial charge in [-0.1, -0.05) is 18.2 Å². The number of hydrogen-bond acceptors (Lipinski definition) is 4. The minimum absolute atomic E-state index is 0.00883. The summed E-state index contributed by atoms with van der Waals surface area (Å²) in [6, 6.07) is 12.0. The van der Waals surface area contributed by atoms with Crippen LogP contribution >= 0.6 is 0 Å². The van der Waals surface area contributed by atoms with E-state index in [2.05, 4.69) is 4.98 Å². The molecule has 0 spiro atoms. The van der Waals surface area contributed by atoms with E-state index >= 15 is 0 Å². The van der Waals surface area contributed by atoms with Gasteiger partial charge in [0.25, 0.3) is 0 Å². The lowest BCUT2D eigenvalue weighted by atomic mass is 9.75. The van der Waals surface area contributed by atoms with Crippen molar-refractivity contribution in [1.82, 2.24) is 14.3 Å². The van der Waals surface area contributed by atoms with Crippen LogP contribution in [0.1, 0.15) is 37.4 Å². The molecular weight excluding hydrogens is 409 g/mol. The third kappa shape index (κ3) is 4.82. The first-order valence-electron chi connectivity index (χ1n) is 11.1. The molecule has 1 amide bonds. The van der Waals surface area contributed by atoms with E-state index in [0.717, 1.165) is 23.3 Å². The minimum atomic E-state index is -0.815. The number of carbonyl (C=O) groups excluding carboxylic acids is 2. The number of halogens is 1. The Bertz CT molecular complexity index is 1060. The highest BCUT2D eigenvalue weighted by atomic mass is 19.1. The number of piperidine rings is 1. The van der Waals surface area contributed by atoms with E-state index in [1.807, 2.05) is 35.0 Å². The first kappa shape index (κ1) is 22.0. The molecule has 1 aliphatic heterocycles. The van der Waals surface area contributed by atoms with E-state index in [0.29, 0.717) is 38.8 Å². The molecule has 0 unspecified atom stereocenters. The van der Waals surface area contributed by atoms with Crippen LogP contribution in [0.25, 0.3) is 5.65 Å². The van der Waals surface area contributed by atoms with Crippen LogP contribution in [-0.4, -0.2) is 45.9 Å². The number of hydrogen-bond donors (Lipinski definition) is 0. The largest absolute Gasteiger partial charge is 0.466 e. The number of amides is 1. The monoisotopic (exact) mass is 437 g/mol. The third-order valence-electron chi connectivity index (χ3n) is 6.10. The summed E-state index contributed by atoms with van der Waals surface area (Å²) in [6.45, 7) is 3.00. The van der Waals surface area contributed by atoms with Crippen molar-refractivity contribution in [1.29, 1.82) is 0 Å². The Balaban J connectivity index is 1.46. The first-order chi connectivity index (χ1) is 15.5. The predicted octanol–water partition coefficient (Wildman–Crippen LogP) is 3.82. The molecule has 2 aromatic heterocycles. The molecule has 1 fully saturated rings. The Morgan fingerprint density at radius 3 is 2.75 bits per heavy atom. The second kappa shape index (κ2) is 9.51. The summed E-state index contributed by atoms with van der Waals surface area (Å²) < 4.78 is 20.7. The van der Waals surface area contributed by atoms with Crippen molar-refractivity contribution in [2.24, 2.45) is 5.41 Å². The number of esters is 1. The van der Waals surface area contributed by atoms with Gasteiger partial charge < -0.3 is 14.0 Å². The molecule has 3 heterocycles. The van der Waals surface area contributed by atoms with Crippen molar-refractivity contribution in [3.8, 4) is 0 Å². The topological polar surface area (TPSA) is 63.9 Å². The Morgan fingerprint density at radius 1 is 1.19 bits per heavy atom. The van der Waals surface area contributed by atoms with E-state index in [1.165, 1.54) is 12.1 Å². The van der Waals surface area contributed by atoms with Crippen LogP contribution in [0.2, 0.25) is 0 Å². The number of aryl methyl sites for hydroxylation is 1. The van der Waals surface area contributed by atoms with Crippen LogP contribution in [0, 0.1) is 11.2 Å². The predicted molar refractivity (Wildman–Crippen MR) is 118 cm³/mol. The van der Waals surface area contributed by atoms with Gasteiger partial charge in [-0.3, -0.25) is 9.59 Å². The summed E-state index contributed by atoms with van der Waals surface area (Å²) in [5.41, 5.74) is 1.77. The van der Waals surface area contributed by atoms with Gasteiger partial charge in [0.15, 0.2) is 0 Å². The van der Waals surface area contributed by atoms with Gasteiger partial charge in [0, 0.05) is 31.9 Å². The number of aromatic nitrogens is 2. The molecule has 4 rings (SSSR count). The van der Waals surface area contributed by atoms with Crippen LogP contribution in [0.5, 0.6) is 0 Å². The number of rotatable bonds is 7. The van der Waals surface area contributed by atoms with Crippen LogP contribution in [0.15, 0.2) is 54.9 Å². The SMILES string of the molecule is CCOC(=O)[C@@]1(Cc2ccc(F)cc2)CCCN(C(=O)CCc2cn3ccccc3n2)C1. The molecule has 1 atom stereocenters. The molecule has 0 N–H and O–H groups in total. The number of benzene rings is 1. The summed E-state index contributed by atoms with van der Waals surface area (Å²) in [6.07, 6.45) is 6.53. The highest BCUT2D eigenvalue weighted by Crippen LogP contribution is 2.35. The van der Waals surface area contributed by atoms with Crippen LogP contribution in [-0.2, 0) is 27.2 Å². The zero-order chi connectivity index (χ0) is 22.6. The van der Waals surface area contributed by atoms with Gasteiger partial charge in [0.1, 0.15) is 11.5 Å². The van der Waals surface area contributed by atoms with Crippen molar-refractivity contribution >= 4 is 17.5 Å². The summed E-state index contributed by atoms with van der Waals surface area (Å²) in [4.78, 5) is 32.4. The number of fused-ring (bicyclic) bond motifs is 1. The molecule has 0 radical (unpaired) electrons. The number of ether oxygens (including phenoxy) is 1. The lowest BCUT2D eigenvalue weighted by Gasteiger charge is -2.41. The zero-order valence-electron chi connectivity index (χ0n) is 18.3. The molecule has 6 nitrogen and oxygen atoms in total. The smallest absolute Gasteiger partial charge is 0.314 e. The lowest BCUT2D eigenvalue weighted by molar-refractivity contribution is -0.160. The Hall–Kier alpha value is -3.22. The molecule has 168 valence electrons. The van der Waals surface area contributed by atoms with Crippen LogP contribution in [0.4, 0.5) is 4.39 Å². The number of nitrogens with zero attached hydrogens (tertiary/aromatic N) is 3. The summed E-state index contributed by atoms with van der Waals surface area (Å²) in [5, 5.41) is 0. The van der Waals surface area contributed by atoms with Crippen molar-refractivity contribution in [2.75, 3.05) is 19.7 Å². The highest BCUT2D eigenvalue weighted by Gasteiger charge is 2.44. The second-order valence-electron chi connectivity index (χ2n) is 8.42. The quantitative estimate of drug-likeness (QED) is 0.527. The van der Waals surface area contributed by atoms with E-state index in [-0.39, 0.29) is 24.3 Å². The maximum atomic E-state index is 13.3. The van der Waals surface area contributed by atoms with Gasteiger partial charge in [-0.25, -0.2) is 9.37 Å². The molecule has 0 aliphatic carbocycles. The number of pyridine rings is 1. The van der Waals surface area contributed by atoms with E-state index in [1.54, 1.807) is 24.0 Å². The Kier molecular flexibility index (Phi) is 6.53. The molecule has 0 bridgehead atoms. The molecular formula is C25H28FN3O3. The van der Waals surface area contributed by atoms with E-state index in [4.69, 9.17) is 4.74 Å². The lowest BCUT2D eigenvalue weighted by Crippen LogP contribution is -2.51. The fraction of sp³-hybridized carbons (Fsp3) is 0.400. The average molecular weight is 438 g/mol. The third-order valence-corrected chi connectivity index (χ3v) is 6.10. The van der Waals surface area contributed by atoms with Crippen molar-refractivity contribution in [3.05, 3.63) is 71.9 Å². The summed E-state index contributed by atoms with van der Waals surface area (Å²) in [5.74, 6) is -0.594. The molecule has 32 heavy (non-hydrogen) atoms. The minimum Gasteiger partial charge on any atom is -0.466 e. The highest BCUT2D eigenvalue weighted by molar-refractivity contribution is 5.81. The van der Waals surface area contributed by atoms with Crippen molar-refractivity contribution in [2.45, 2.75) is 39.0 Å². The number of likely N-dealkylation sites (tertiary alicyclic amines) is 1. The van der Waals surface area contributed by atoms with Gasteiger partial charge in [-0.15, -0.1) is 0 Å². The zero-order valence-corrected chi connectivity index (χ0v) is 18.3. The molecule has 1 aromatic carbocycles. The van der Waals surface area contributed by atoms with E-state index in [9.17, 15) is 14.0 Å². The standard InChI is InChI=1S/C25H28FN3O3/c1-2-32-24(31)25(16-19-7-9-20(26)10-8-19)13-5-15-29(18-25)23(30)12-11-21-17-28-14-4-3-6-22(28)27-21/h3-4,6-10,14,17H,2,5,11-13,15-16,18H2,1H3/t25-/m1/s1. The van der Waals surface area contributed by atoms with Gasteiger partial charge in [0.05, 0.1) is 17.7 Å². The van der Waals surface area contributed by atoms with Gasteiger partial charge in [-0.2, -0.15) is 0 Å².